The molecule has 11 nitrogen and oxygen atoms in total. The molecule has 0 spiro atoms. The van der Waals surface area contributed by atoms with Gasteiger partial charge in [0.1, 0.15) is 19.0 Å². The number of hydrogen-bond donors (Lipinski definition) is 4. The van der Waals surface area contributed by atoms with Crippen LogP contribution in [-0.4, -0.2) is 98.3 Å². The van der Waals surface area contributed by atoms with Crippen LogP contribution in [0.4, 0.5) is 0 Å². The number of ether oxygens (including phenoxy) is 3. The number of methoxy groups -OCH3 is 1. The van der Waals surface area contributed by atoms with E-state index in [0.29, 0.717) is 64.2 Å². The summed E-state index contributed by atoms with van der Waals surface area (Å²) >= 11 is 0. The summed E-state index contributed by atoms with van der Waals surface area (Å²) in [6.45, 7) is 8.03. The largest absolute Gasteiger partial charge is 0.391 e. The standard InChI is InChI=1S/C39H66N4O7/c1-5-6-17-35(50-36(25-30-15-11-8-12-16-30)39(47)43-22-18-31(19-23-43)49-27-48-4)38(46)42-33(24-29-13-9-7-10-14-29)34(44)26-32(28(2)3)37(45)41-21-20-40/h8,11-12,15-16,28-29,31-36,44H,5-7,9-10,13-14,17-27,40H2,1-4H3,(H,41,45)(H,42,46)/t32-,33-,34-,35-,36-/m0/s1. The predicted molar refractivity (Wildman–Crippen MR) is 195 cm³/mol. The van der Waals surface area contributed by atoms with E-state index in [-0.39, 0.29) is 43.0 Å². The van der Waals surface area contributed by atoms with E-state index in [0.717, 1.165) is 44.1 Å². The van der Waals surface area contributed by atoms with Crippen LogP contribution in [0.1, 0.15) is 103 Å². The molecular weight excluding hydrogens is 636 g/mol. The molecule has 1 aliphatic heterocycles. The quantitative estimate of drug-likeness (QED) is 0.130. The molecule has 5 N–H and O–H groups in total. The first-order valence-corrected chi connectivity index (χ1v) is 19.2. The van der Waals surface area contributed by atoms with E-state index in [4.69, 9.17) is 19.9 Å². The van der Waals surface area contributed by atoms with Crippen molar-refractivity contribution in [3.05, 3.63) is 35.9 Å². The summed E-state index contributed by atoms with van der Waals surface area (Å²) in [6, 6.07) is 9.22. The van der Waals surface area contributed by atoms with E-state index < -0.39 is 30.3 Å². The number of unbranched alkanes of at least 4 members (excludes halogenated alkanes) is 1. The molecule has 0 unspecified atom stereocenters. The second-order valence-electron chi connectivity index (χ2n) is 14.6. The molecule has 0 bridgehead atoms. The van der Waals surface area contributed by atoms with Gasteiger partial charge in [0.15, 0.2) is 0 Å². The van der Waals surface area contributed by atoms with E-state index in [9.17, 15) is 19.5 Å². The van der Waals surface area contributed by atoms with Crippen LogP contribution < -0.4 is 16.4 Å². The first-order valence-electron chi connectivity index (χ1n) is 19.2. The third kappa shape index (κ3) is 14.2. The number of carbonyl (C=O) groups is 3. The number of likely N-dealkylation sites (tertiary alicyclic amines) is 1. The van der Waals surface area contributed by atoms with Crippen LogP contribution in [-0.2, 0) is 35.0 Å². The number of nitrogens with zero attached hydrogens (tertiary/aromatic N) is 1. The summed E-state index contributed by atoms with van der Waals surface area (Å²) < 4.78 is 17.4. The zero-order valence-corrected chi connectivity index (χ0v) is 31.2. The Morgan fingerprint density at radius 3 is 2.32 bits per heavy atom. The molecule has 1 saturated heterocycles. The second kappa shape index (κ2) is 23.1. The Morgan fingerprint density at radius 1 is 1.00 bits per heavy atom. The van der Waals surface area contributed by atoms with Crippen molar-refractivity contribution in [2.45, 2.75) is 135 Å². The fourth-order valence-corrected chi connectivity index (χ4v) is 7.28. The average Bonchev–Trinajstić information content (AvgIpc) is 3.13. The zero-order valence-electron chi connectivity index (χ0n) is 31.2. The highest BCUT2D eigenvalue weighted by Crippen LogP contribution is 2.30. The highest BCUT2D eigenvalue weighted by Gasteiger charge is 2.36. The second-order valence-corrected chi connectivity index (χ2v) is 14.6. The van der Waals surface area contributed by atoms with Crippen molar-refractivity contribution in [3.63, 3.8) is 0 Å². The Morgan fingerprint density at radius 2 is 1.70 bits per heavy atom. The summed E-state index contributed by atoms with van der Waals surface area (Å²) in [7, 11) is 1.60. The van der Waals surface area contributed by atoms with E-state index in [2.05, 4.69) is 17.6 Å². The minimum atomic E-state index is -0.924. The lowest BCUT2D eigenvalue weighted by Crippen LogP contribution is -2.52. The van der Waals surface area contributed by atoms with Gasteiger partial charge in [-0.1, -0.05) is 96.0 Å². The van der Waals surface area contributed by atoms with Crippen LogP contribution >= 0.6 is 0 Å². The number of nitrogens with one attached hydrogen (secondary N) is 2. The number of aliphatic hydroxyl groups is 1. The average molecular weight is 703 g/mol. The smallest absolute Gasteiger partial charge is 0.252 e. The maximum Gasteiger partial charge on any atom is 0.252 e. The SMILES string of the molecule is CCCC[C@H](O[C@@H](Cc1ccccc1)C(=O)N1CCC(OCOC)CC1)C(=O)N[C@@H](CC1CCCCC1)[C@@H](O)C[C@H](C(=O)NCCN)C(C)C. The molecule has 0 aromatic heterocycles. The third-order valence-electron chi connectivity index (χ3n) is 10.3. The van der Waals surface area contributed by atoms with Gasteiger partial charge < -0.3 is 40.6 Å². The molecule has 5 atom stereocenters. The summed E-state index contributed by atoms with van der Waals surface area (Å²) in [5.41, 5.74) is 6.58. The van der Waals surface area contributed by atoms with Crippen molar-refractivity contribution in [1.29, 1.82) is 0 Å². The Labute approximate surface area is 300 Å². The molecule has 1 aromatic carbocycles. The van der Waals surface area contributed by atoms with Gasteiger partial charge in [-0.2, -0.15) is 0 Å². The highest BCUT2D eigenvalue weighted by molar-refractivity contribution is 5.84. The van der Waals surface area contributed by atoms with Crippen LogP contribution in [0.15, 0.2) is 30.3 Å². The van der Waals surface area contributed by atoms with Crippen molar-refractivity contribution in [2.75, 3.05) is 40.1 Å². The molecule has 3 amide bonds. The number of hydrogen-bond acceptors (Lipinski definition) is 8. The lowest BCUT2D eigenvalue weighted by Gasteiger charge is -2.36. The maximum absolute atomic E-state index is 14.2. The fraction of sp³-hybridized carbons (Fsp3) is 0.769. The van der Waals surface area contributed by atoms with Crippen LogP contribution in [0.2, 0.25) is 0 Å². The number of nitrogens with two attached hydrogens (primary N) is 1. The van der Waals surface area contributed by atoms with Crippen molar-refractivity contribution in [1.82, 2.24) is 15.5 Å². The van der Waals surface area contributed by atoms with E-state index in [1.165, 1.54) is 6.42 Å². The normalized spacial score (nSPS) is 19.1. The number of benzene rings is 1. The van der Waals surface area contributed by atoms with E-state index in [1.54, 1.807) is 7.11 Å². The van der Waals surface area contributed by atoms with E-state index >= 15 is 0 Å². The van der Waals surface area contributed by atoms with Gasteiger partial charge in [-0.05, 0) is 49.5 Å². The van der Waals surface area contributed by atoms with Gasteiger partial charge in [0.05, 0.1) is 18.2 Å². The number of amides is 3. The first-order chi connectivity index (χ1) is 24.2. The van der Waals surface area contributed by atoms with E-state index in [1.807, 2.05) is 49.1 Å². The molecule has 1 aliphatic carbocycles. The van der Waals surface area contributed by atoms with Gasteiger partial charge in [0.2, 0.25) is 11.8 Å². The topological polar surface area (TPSA) is 152 Å². The van der Waals surface area contributed by atoms with Gasteiger partial charge in [-0.3, -0.25) is 14.4 Å². The number of aliphatic hydroxyl groups excluding tert-OH is 1. The van der Waals surface area contributed by atoms with Crippen molar-refractivity contribution >= 4 is 17.7 Å². The van der Waals surface area contributed by atoms with Gasteiger partial charge in [-0.25, -0.2) is 0 Å². The lowest BCUT2D eigenvalue weighted by molar-refractivity contribution is -0.157. The minimum absolute atomic E-state index is 0.00421. The predicted octanol–water partition coefficient (Wildman–Crippen LogP) is 4.34. The molecule has 1 heterocycles. The monoisotopic (exact) mass is 702 g/mol. The van der Waals surface area contributed by atoms with Gasteiger partial charge >= 0.3 is 0 Å². The minimum Gasteiger partial charge on any atom is -0.391 e. The number of carbonyl (C=O) groups excluding carboxylic acids is 3. The van der Waals surface area contributed by atoms with Crippen LogP contribution in [0.5, 0.6) is 0 Å². The lowest BCUT2D eigenvalue weighted by atomic mass is 9.81. The molecule has 2 aliphatic rings. The Hall–Kier alpha value is -2.57. The van der Waals surface area contributed by atoms with Crippen LogP contribution in [0, 0.1) is 17.8 Å². The summed E-state index contributed by atoms with van der Waals surface area (Å²) in [4.78, 5) is 43.2. The Kier molecular flexibility index (Phi) is 19.3. The first kappa shape index (κ1) is 41.8. The zero-order chi connectivity index (χ0) is 36.3. The molecule has 1 saturated carbocycles. The fourth-order valence-electron chi connectivity index (χ4n) is 7.28. The van der Waals surface area contributed by atoms with Crippen molar-refractivity contribution < 1.29 is 33.7 Å². The number of rotatable bonds is 22. The van der Waals surface area contributed by atoms with Gasteiger partial charge in [-0.15, -0.1) is 0 Å². The van der Waals surface area contributed by atoms with Crippen molar-refractivity contribution in [3.8, 4) is 0 Å². The summed E-state index contributed by atoms with van der Waals surface area (Å²) in [5.74, 6) is -0.625. The van der Waals surface area contributed by atoms with Gasteiger partial charge in [0, 0.05) is 45.6 Å². The Bertz CT molecular complexity index is 1110. The van der Waals surface area contributed by atoms with Gasteiger partial charge in [0.25, 0.3) is 5.91 Å². The summed E-state index contributed by atoms with van der Waals surface area (Å²) in [5, 5.41) is 17.8. The molecule has 3 rings (SSSR count). The third-order valence-corrected chi connectivity index (χ3v) is 10.3. The molecule has 284 valence electrons. The molecule has 0 radical (unpaired) electrons. The molecular formula is C39H66N4O7. The summed E-state index contributed by atoms with van der Waals surface area (Å²) in [6.07, 6.45) is 7.66. The number of piperidine rings is 1. The molecule has 11 heteroatoms. The Balaban J connectivity index is 1.81. The molecule has 1 aromatic rings. The maximum atomic E-state index is 14.2. The van der Waals surface area contributed by atoms with Crippen molar-refractivity contribution in [2.24, 2.45) is 23.5 Å². The van der Waals surface area contributed by atoms with Crippen LogP contribution in [0.3, 0.4) is 0 Å². The molecule has 2 fully saturated rings. The highest BCUT2D eigenvalue weighted by atomic mass is 16.7. The molecule has 50 heavy (non-hydrogen) atoms. The van der Waals surface area contributed by atoms with Crippen LogP contribution in [0.25, 0.3) is 0 Å².